The van der Waals surface area contributed by atoms with Crippen molar-refractivity contribution in [3.05, 3.63) is 47.3 Å². The molecule has 7 nitrogen and oxygen atoms in total. The van der Waals surface area contributed by atoms with Gasteiger partial charge in [0.2, 0.25) is 20.9 Å². The number of imidazole rings is 1. The van der Waals surface area contributed by atoms with Gasteiger partial charge in [0.05, 0.1) is 30.8 Å². The van der Waals surface area contributed by atoms with Crippen LogP contribution in [-0.4, -0.2) is 49.0 Å². The van der Waals surface area contributed by atoms with Crippen molar-refractivity contribution in [3.8, 4) is 0 Å². The summed E-state index contributed by atoms with van der Waals surface area (Å²) in [5.74, 6) is 0.442. The Morgan fingerprint density at radius 3 is 2.48 bits per heavy atom. The Morgan fingerprint density at radius 1 is 1.21 bits per heavy atom. The van der Waals surface area contributed by atoms with Crippen LogP contribution < -0.4 is 0 Å². The quantitative estimate of drug-likeness (QED) is 0.491. The predicted molar refractivity (Wildman–Crippen MR) is 128 cm³/mol. The fourth-order valence-electron chi connectivity index (χ4n) is 4.46. The summed E-state index contributed by atoms with van der Waals surface area (Å²) in [6.45, 7) is 7.86. The summed E-state index contributed by atoms with van der Waals surface area (Å²) in [6.07, 6.45) is 5.67. The van der Waals surface area contributed by atoms with Crippen molar-refractivity contribution in [2.75, 3.05) is 20.3 Å². The van der Waals surface area contributed by atoms with Crippen molar-refractivity contribution in [1.29, 1.82) is 0 Å². The SMILES string of the molecule is COCCn1c(CN(CC(C)C)C(=O)C2CCCC2)cnc1S(=O)(=O)Cc1ccc(C)cc1. The highest BCUT2D eigenvalue weighted by Crippen LogP contribution is 2.28. The van der Waals surface area contributed by atoms with Crippen LogP contribution in [0, 0.1) is 18.8 Å². The van der Waals surface area contributed by atoms with Gasteiger partial charge in [-0.1, -0.05) is 56.5 Å². The van der Waals surface area contributed by atoms with Crippen LogP contribution in [0.25, 0.3) is 0 Å². The van der Waals surface area contributed by atoms with Crippen molar-refractivity contribution >= 4 is 15.7 Å². The summed E-state index contributed by atoms with van der Waals surface area (Å²) in [4.78, 5) is 19.4. The minimum atomic E-state index is -3.67. The maximum absolute atomic E-state index is 13.3. The molecule has 1 fully saturated rings. The lowest BCUT2D eigenvalue weighted by atomic mass is 10.1. The molecule has 0 bridgehead atoms. The first kappa shape index (κ1) is 25.4. The van der Waals surface area contributed by atoms with E-state index < -0.39 is 9.84 Å². The number of benzene rings is 1. The summed E-state index contributed by atoms with van der Waals surface area (Å²) in [6, 6.07) is 7.49. The van der Waals surface area contributed by atoms with Crippen molar-refractivity contribution < 1.29 is 17.9 Å². The fraction of sp³-hybridized carbons (Fsp3) is 0.600. The van der Waals surface area contributed by atoms with Crippen LogP contribution >= 0.6 is 0 Å². The monoisotopic (exact) mass is 475 g/mol. The third kappa shape index (κ3) is 6.67. The molecule has 1 aliphatic carbocycles. The zero-order valence-electron chi connectivity index (χ0n) is 20.3. The number of hydrogen-bond acceptors (Lipinski definition) is 5. The normalized spacial score (nSPS) is 14.8. The summed E-state index contributed by atoms with van der Waals surface area (Å²) in [5, 5.41) is 0.0351. The molecule has 1 aromatic carbocycles. The maximum atomic E-state index is 13.3. The van der Waals surface area contributed by atoms with Gasteiger partial charge in [-0.05, 0) is 31.2 Å². The fourth-order valence-corrected chi connectivity index (χ4v) is 5.97. The molecular weight excluding hydrogens is 438 g/mol. The Kier molecular flexibility index (Phi) is 8.70. The molecule has 1 aromatic heterocycles. The van der Waals surface area contributed by atoms with E-state index in [1.54, 1.807) is 17.9 Å². The molecule has 0 atom stereocenters. The van der Waals surface area contributed by atoms with Crippen LogP contribution in [-0.2, 0) is 38.2 Å². The largest absolute Gasteiger partial charge is 0.383 e. The molecule has 0 saturated heterocycles. The highest BCUT2D eigenvalue weighted by Gasteiger charge is 2.30. The lowest BCUT2D eigenvalue weighted by molar-refractivity contribution is -0.136. The Bertz CT molecular complexity index is 1020. The van der Waals surface area contributed by atoms with Gasteiger partial charge in [-0.25, -0.2) is 13.4 Å². The Morgan fingerprint density at radius 2 is 1.88 bits per heavy atom. The van der Waals surface area contributed by atoms with Crippen LogP contribution in [0.15, 0.2) is 35.6 Å². The molecule has 1 amide bonds. The molecule has 0 N–H and O–H groups in total. The van der Waals surface area contributed by atoms with E-state index >= 15 is 0 Å². The average Bonchev–Trinajstić information content (AvgIpc) is 3.43. The molecule has 0 spiro atoms. The number of ether oxygens (including phenoxy) is 1. The Hall–Kier alpha value is -2.19. The molecule has 0 aliphatic heterocycles. The molecule has 1 aliphatic rings. The second-order valence-corrected chi connectivity index (χ2v) is 11.4. The number of methoxy groups -OCH3 is 1. The number of carbonyl (C=O) groups excluding carboxylic acids is 1. The lowest BCUT2D eigenvalue weighted by Gasteiger charge is -2.28. The topological polar surface area (TPSA) is 81.5 Å². The molecule has 0 radical (unpaired) electrons. The van der Waals surface area contributed by atoms with Gasteiger partial charge in [-0.2, -0.15) is 0 Å². The van der Waals surface area contributed by atoms with Crippen LogP contribution in [0.1, 0.15) is 56.4 Å². The number of nitrogens with zero attached hydrogens (tertiary/aromatic N) is 3. The minimum absolute atomic E-state index is 0.0351. The highest BCUT2D eigenvalue weighted by atomic mass is 32.2. The number of hydrogen-bond donors (Lipinski definition) is 0. The molecular formula is C25H37N3O4S. The molecule has 33 heavy (non-hydrogen) atoms. The van der Waals surface area contributed by atoms with Crippen LogP contribution in [0.4, 0.5) is 0 Å². The highest BCUT2D eigenvalue weighted by molar-refractivity contribution is 7.90. The predicted octanol–water partition coefficient (Wildman–Crippen LogP) is 3.99. The third-order valence-electron chi connectivity index (χ3n) is 6.13. The smallest absolute Gasteiger partial charge is 0.228 e. The van der Waals surface area contributed by atoms with Crippen LogP contribution in [0.2, 0.25) is 0 Å². The van der Waals surface area contributed by atoms with E-state index in [9.17, 15) is 13.2 Å². The van der Waals surface area contributed by atoms with Gasteiger partial charge >= 0.3 is 0 Å². The second kappa shape index (κ2) is 11.3. The van der Waals surface area contributed by atoms with E-state index in [1.165, 1.54) is 0 Å². The van der Waals surface area contributed by atoms with E-state index in [1.807, 2.05) is 36.1 Å². The standard InChI is InChI=1S/C25H37N3O4S/c1-19(2)16-27(24(29)22-7-5-6-8-22)17-23-15-26-25(28(23)13-14-32-4)33(30,31)18-21-11-9-20(3)10-12-21/h9-12,15,19,22H,5-8,13-14,16-18H2,1-4H3. The van der Waals surface area contributed by atoms with Gasteiger partial charge in [-0.3, -0.25) is 4.79 Å². The first-order valence-corrected chi connectivity index (χ1v) is 13.5. The minimum Gasteiger partial charge on any atom is -0.383 e. The van der Waals surface area contributed by atoms with E-state index in [2.05, 4.69) is 18.8 Å². The van der Waals surface area contributed by atoms with Crippen molar-refractivity contribution in [1.82, 2.24) is 14.5 Å². The first-order valence-electron chi connectivity index (χ1n) is 11.8. The van der Waals surface area contributed by atoms with Crippen molar-refractivity contribution in [3.63, 3.8) is 0 Å². The van der Waals surface area contributed by atoms with E-state index in [4.69, 9.17) is 4.74 Å². The van der Waals surface area contributed by atoms with Gasteiger partial charge in [0.15, 0.2) is 0 Å². The summed E-state index contributed by atoms with van der Waals surface area (Å²) in [5.41, 5.74) is 2.53. The van der Waals surface area contributed by atoms with E-state index in [-0.39, 0.29) is 22.7 Å². The molecule has 2 aromatic rings. The zero-order valence-corrected chi connectivity index (χ0v) is 21.1. The van der Waals surface area contributed by atoms with E-state index in [0.29, 0.717) is 32.2 Å². The maximum Gasteiger partial charge on any atom is 0.228 e. The van der Waals surface area contributed by atoms with Gasteiger partial charge in [0.25, 0.3) is 0 Å². The van der Waals surface area contributed by atoms with Crippen molar-refractivity contribution in [2.24, 2.45) is 11.8 Å². The molecule has 1 saturated carbocycles. The number of rotatable bonds is 11. The number of aryl methyl sites for hydroxylation is 1. The molecule has 0 unspecified atom stereocenters. The number of carbonyl (C=O) groups is 1. The van der Waals surface area contributed by atoms with Crippen LogP contribution in [0.5, 0.6) is 0 Å². The Balaban J connectivity index is 1.89. The average molecular weight is 476 g/mol. The van der Waals surface area contributed by atoms with Gasteiger partial charge < -0.3 is 14.2 Å². The number of sulfone groups is 1. The summed E-state index contributed by atoms with van der Waals surface area (Å²) < 4.78 is 33.5. The number of amides is 1. The first-order chi connectivity index (χ1) is 15.7. The molecule has 3 rings (SSSR count). The Labute approximate surface area is 198 Å². The molecule has 1 heterocycles. The van der Waals surface area contributed by atoms with Gasteiger partial charge in [0, 0.05) is 26.1 Å². The lowest BCUT2D eigenvalue weighted by Crippen LogP contribution is -2.38. The van der Waals surface area contributed by atoms with E-state index in [0.717, 1.165) is 42.5 Å². The second-order valence-electron chi connectivity index (χ2n) is 9.52. The van der Waals surface area contributed by atoms with Crippen LogP contribution in [0.3, 0.4) is 0 Å². The van der Waals surface area contributed by atoms with Gasteiger partial charge in [0.1, 0.15) is 0 Å². The third-order valence-corrected chi connectivity index (χ3v) is 7.73. The summed E-state index contributed by atoms with van der Waals surface area (Å²) in [7, 11) is -2.08. The number of aromatic nitrogens is 2. The molecule has 8 heteroatoms. The molecule has 182 valence electrons. The van der Waals surface area contributed by atoms with Gasteiger partial charge in [-0.15, -0.1) is 0 Å². The van der Waals surface area contributed by atoms with Crippen molar-refractivity contribution in [2.45, 2.75) is 70.5 Å². The zero-order chi connectivity index (χ0) is 24.0. The summed E-state index contributed by atoms with van der Waals surface area (Å²) >= 11 is 0.